The number of rotatable bonds is 8. The van der Waals surface area contributed by atoms with Gasteiger partial charge in [-0.15, -0.1) is 0 Å². The Balaban J connectivity index is 1.95. The number of benzene rings is 1. The molecule has 1 aliphatic rings. The summed E-state index contributed by atoms with van der Waals surface area (Å²) in [5.41, 5.74) is 1.31. The molecule has 0 spiro atoms. The predicted octanol–water partition coefficient (Wildman–Crippen LogP) is 0.869. The van der Waals surface area contributed by atoms with Gasteiger partial charge >= 0.3 is 5.97 Å². The maximum atomic E-state index is 11.9. The quantitative estimate of drug-likeness (QED) is 0.394. The normalized spacial score (nSPS) is 15.3. The third-order valence-electron chi connectivity index (χ3n) is 4.26. The molecule has 0 aromatic heterocycles. The lowest BCUT2D eigenvalue weighted by Crippen LogP contribution is -2.44. The average Bonchev–Trinajstić information content (AvgIpc) is 2.72. The smallest absolute Gasteiger partial charge is 0.341 e. The summed E-state index contributed by atoms with van der Waals surface area (Å²) in [7, 11) is 2.88. The first-order valence-corrected chi connectivity index (χ1v) is 9.25. The standard InChI is InChI=1S/C19H30N4O4/c1-4-20-19(21-7-8-23-9-11-27-12-10-23)22-14-15-5-6-17(25-2)16(13-15)18(24)26-3/h5-6,13H,4,7-12,14H2,1-3H3,(H2,20,21,22). The Kier molecular flexibility index (Phi) is 8.86. The zero-order valence-corrected chi connectivity index (χ0v) is 16.4. The number of aliphatic imine (C=N–C) groups is 1. The Morgan fingerprint density at radius 1 is 1.26 bits per heavy atom. The number of nitrogens with one attached hydrogen (secondary N) is 2. The summed E-state index contributed by atoms with van der Waals surface area (Å²) in [6.07, 6.45) is 0. The monoisotopic (exact) mass is 378 g/mol. The van der Waals surface area contributed by atoms with E-state index in [4.69, 9.17) is 14.2 Å². The van der Waals surface area contributed by atoms with Gasteiger partial charge in [-0.2, -0.15) is 0 Å². The van der Waals surface area contributed by atoms with Crippen molar-refractivity contribution in [3.8, 4) is 5.75 Å². The number of hydrogen-bond acceptors (Lipinski definition) is 6. The van der Waals surface area contributed by atoms with Crippen molar-refractivity contribution in [2.75, 3.05) is 60.2 Å². The van der Waals surface area contributed by atoms with Gasteiger partial charge in [0.2, 0.25) is 0 Å². The van der Waals surface area contributed by atoms with Gasteiger partial charge in [-0.1, -0.05) is 6.07 Å². The highest BCUT2D eigenvalue weighted by atomic mass is 16.5. The minimum Gasteiger partial charge on any atom is -0.496 e. The molecule has 0 amide bonds. The zero-order valence-electron chi connectivity index (χ0n) is 16.4. The molecule has 1 heterocycles. The highest BCUT2D eigenvalue weighted by molar-refractivity contribution is 5.92. The first-order valence-electron chi connectivity index (χ1n) is 9.25. The minimum atomic E-state index is -0.423. The summed E-state index contributed by atoms with van der Waals surface area (Å²) in [6.45, 7) is 8.55. The summed E-state index contributed by atoms with van der Waals surface area (Å²) in [5.74, 6) is 0.819. The number of carbonyl (C=O) groups is 1. The Labute approximate surface area is 160 Å². The molecule has 1 aliphatic heterocycles. The fraction of sp³-hybridized carbons (Fsp3) is 0.579. The molecule has 8 heteroatoms. The highest BCUT2D eigenvalue weighted by Crippen LogP contribution is 2.21. The van der Waals surface area contributed by atoms with Gasteiger partial charge in [-0.3, -0.25) is 4.90 Å². The van der Waals surface area contributed by atoms with Crippen LogP contribution in [0, 0.1) is 0 Å². The second-order valence-corrected chi connectivity index (χ2v) is 6.10. The second kappa shape index (κ2) is 11.4. The van der Waals surface area contributed by atoms with Crippen LogP contribution in [-0.4, -0.2) is 77.0 Å². The number of morpholine rings is 1. The number of methoxy groups -OCH3 is 2. The Bertz CT molecular complexity index is 630. The fourth-order valence-corrected chi connectivity index (χ4v) is 2.79. The molecule has 2 rings (SSSR count). The lowest BCUT2D eigenvalue weighted by Gasteiger charge is -2.26. The number of hydrogen-bond donors (Lipinski definition) is 2. The van der Waals surface area contributed by atoms with Crippen LogP contribution in [0.4, 0.5) is 0 Å². The fourth-order valence-electron chi connectivity index (χ4n) is 2.79. The van der Waals surface area contributed by atoms with Gasteiger partial charge in [0.25, 0.3) is 0 Å². The van der Waals surface area contributed by atoms with Gasteiger partial charge in [0.15, 0.2) is 5.96 Å². The maximum Gasteiger partial charge on any atom is 0.341 e. The lowest BCUT2D eigenvalue weighted by atomic mass is 10.1. The van der Waals surface area contributed by atoms with E-state index in [2.05, 4.69) is 20.5 Å². The second-order valence-electron chi connectivity index (χ2n) is 6.10. The molecule has 0 unspecified atom stereocenters. The van der Waals surface area contributed by atoms with Crippen molar-refractivity contribution in [3.05, 3.63) is 29.3 Å². The molecule has 0 saturated carbocycles. The van der Waals surface area contributed by atoms with Crippen LogP contribution in [0.15, 0.2) is 23.2 Å². The van der Waals surface area contributed by atoms with Crippen LogP contribution in [0.5, 0.6) is 5.75 Å². The van der Waals surface area contributed by atoms with Crippen molar-refractivity contribution in [3.63, 3.8) is 0 Å². The molecule has 150 valence electrons. The number of carbonyl (C=O) groups excluding carboxylic acids is 1. The topological polar surface area (TPSA) is 84.4 Å². The van der Waals surface area contributed by atoms with Crippen molar-refractivity contribution < 1.29 is 19.0 Å². The van der Waals surface area contributed by atoms with E-state index in [1.807, 2.05) is 13.0 Å². The van der Waals surface area contributed by atoms with Crippen molar-refractivity contribution in [1.29, 1.82) is 0 Å². The molecular formula is C19H30N4O4. The first kappa shape index (κ1) is 21.0. The molecule has 1 aromatic carbocycles. The zero-order chi connectivity index (χ0) is 19.5. The van der Waals surface area contributed by atoms with Gasteiger partial charge in [-0.05, 0) is 24.6 Å². The van der Waals surface area contributed by atoms with Crippen LogP contribution < -0.4 is 15.4 Å². The summed E-state index contributed by atoms with van der Waals surface area (Å²) in [6, 6.07) is 5.41. The molecule has 1 fully saturated rings. The Hall–Kier alpha value is -2.32. The highest BCUT2D eigenvalue weighted by Gasteiger charge is 2.13. The molecule has 1 aromatic rings. The maximum absolute atomic E-state index is 11.9. The van der Waals surface area contributed by atoms with E-state index in [0.29, 0.717) is 17.9 Å². The number of guanidine groups is 1. The van der Waals surface area contributed by atoms with Gasteiger partial charge < -0.3 is 24.8 Å². The molecule has 0 radical (unpaired) electrons. The summed E-state index contributed by atoms with van der Waals surface area (Å²) < 4.78 is 15.4. The third-order valence-corrected chi connectivity index (χ3v) is 4.26. The van der Waals surface area contributed by atoms with E-state index < -0.39 is 5.97 Å². The van der Waals surface area contributed by atoms with E-state index >= 15 is 0 Å². The molecule has 1 saturated heterocycles. The molecular weight excluding hydrogens is 348 g/mol. The lowest BCUT2D eigenvalue weighted by molar-refractivity contribution is 0.0389. The molecule has 8 nitrogen and oxygen atoms in total. The molecule has 0 atom stereocenters. The van der Waals surface area contributed by atoms with Crippen LogP contribution in [0.3, 0.4) is 0 Å². The molecule has 2 N–H and O–H groups in total. The summed E-state index contributed by atoms with van der Waals surface area (Å²) in [5, 5.41) is 6.59. The van der Waals surface area contributed by atoms with Crippen LogP contribution in [-0.2, 0) is 16.0 Å². The molecule has 27 heavy (non-hydrogen) atoms. The van der Waals surface area contributed by atoms with Crippen molar-refractivity contribution in [1.82, 2.24) is 15.5 Å². The minimum absolute atomic E-state index is 0.401. The van der Waals surface area contributed by atoms with Gasteiger partial charge in [-0.25, -0.2) is 9.79 Å². The first-order chi connectivity index (χ1) is 13.2. The van der Waals surface area contributed by atoms with E-state index in [9.17, 15) is 4.79 Å². The van der Waals surface area contributed by atoms with E-state index in [0.717, 1.165) is 57.5 Å². The van der Waals surface area contributed by atoms with Crippen molar-refractivity contribution >= 4 is 11.9 Å². The largest absolute Gasteiger partial charge is 0.496 e. The van der Waals surface area contributed by atoms with E-state index in [-0.39, 0.29) is 0 Å². The van der Waals surface area contributed by atoms with Crippen LogP contribution >= 0.6 is 0 Å². The van der Waals surface area contributed by atoms with Crippen molar-refractivity contribution in [2.45, 2.75) is 13.5 Å². The van der Waals surface area contributed by atoms with E-state index in [1.165, 1.54) is 14.2 Å². The average molecular weight is 378 g/mol. The Morgan fingerprint density at radius 2 is 2.04 bits per heavy atom. The predicted molar refractivity (Wildman–Crippen MR) is 104 cm³/mol. The van der Waals surface area contributed by atoms with Crippen molar-refractivity contribution in [2.24, 2.45) is 4.99 Å². The molecule has 0 bridgehead atoms. The number of ether oxygens (including phenoxy) is 3. The number of nitrogens with zero attached hydrogens (tertiary/aromatic N) is 2. The van der Waals surface area contributed by atoms with Gasteiger partial charge in [0.1, 0.15) is 11.3 Å². The third kappa shape index (κ3) is 6.73. The summed E-state index contributed by atoms with van der Waals surface area (Å²) >= 11 is 0. The molecule has 0 aliphatic carbocycles. The van der Waals surface area contributed by atoms with Gasteiger partial charge in [0, 0.05) is 32.7 Å². The van der Waals surface area contributed by atoms with E-state index in [1.54, 1.807) is 12.1 Å². The van der Waals surface area contributed by atoms with Crippen LogP contribution in [0.25, 0.3) is 0 Å². The number of esters is 1. The SMILES string of the molecule is CCNC(=NCc1ccc(OC)c(C(=O)OC)c1)NCCN1CCOCC1. The Morgan fingerprint density at radius 3 is 2.70 bits per heavy atom. The van der Waals surface area contributed by atoms with Crippen LogP contribution in [0.2, 0.25) is 0 Å². The van der Waals surface area contributed by atoms with Crippen LogP contribution in [0.1, 0.15) is 22.8 Å². The summed E-state index contributed by atoms with van der Waals surface area (Å²) in [4.78, 5) is 18.9. The van der Waals surface area contributed by atoms with Gasteiger partial charge in [0.05, 0.1) is 34.0 Å².